The Labute approximate surface area is 170 Å². The van der Waals surface area contributed by atoms with E-state index in [-0.39, 0.29) is 22.8 Å². The maximum Gasteiger partial charge on any atom is 0.307 e. The van der Waals surface area contributed by atoms with E-state index in [1.54, 1.807) is 0 Å². The molecule has 2 heterocycles. The lowest BCUT2D eigenvalue weighted by atomic mass is 10.2. The lowest BCUT2D eigenvalue weighted by Crippen LogP contribution is -2.16. The van der Waals surface area contributed by atoms with Gasteiger partial charge in [-0.2, -0.15) is 5.10 Å². The Morgan fingerprint density at radius 1 is 1.23 bits per heavy atom. The topological polar surface area (TPSA) is 112 Å². The molecule has 0 spiro atoms. The van der Waals surface area contributed by atoms with Gasteiger partial charge in [0.15, 0.2) is 17.1 Å². The molecule has 2 aromatic carbocycles. The maximum atomic E-state index is 12.4. The number of para-hydroxylation sites is 1. The summed E-state index contributed by atoms with van der Waals surface area (Å²) in [7, 11) is 1.37. The fraction of sp³-hybridized carbons (Fsp3) is 0.0476. The molecule has 4 aromatic rings. The molecule has 2 aromatic heterocycles. The summed E-state index contributed by atoms with van der Waals surface area (Å²) in [5, 5.41) is 15.4. The van der Waals surface area contributed by atoms with E-state index < -0.39 is 10.8 Å². The number of amides is 1. The molecule has 9 nitrogen and oxygen atoms in total. The quantitative estimate of drug-likeness (QED) is 0.297. The van der Waals surface area contributed by atoms with Crippen LogP contribution in [-0.4, -0.2) is 28.7 Å². The maximum absolute atomic E-state index is 12.4. The number of carbonyl (C=O) groups is 1. The summed E-state index contributed by atoms with van der Waals surface area (Å²) in [5.74, 6) is -0.457. The SMILES string of the molecule is COc1cc([N+](=O)[O-])cc2cc(C(=O)N/N=C\c3ccn(-c4ccccc4)c3)oc12. The van der Waals surface area contributed by atoms with E-state index in [1.165, 1.54) is 31.5 Å². The molecule has 0 aliphatic heterocycles. The summed E-state index contributed by atoms with van der Waals surface area (Å²) >= 11 is 0. The molecule has 0 aliphatic carbocycles. The molecule has 0 radical (unpaired) electrons. The third-order valence-electron chi connectivity index (χ3n) is 4.37. The van der Waals surface area contributed by atoms with Crippen LogP contribution in [0.2, 0.25) is 0 Å². The minimum absolute atomic E-state index is 0.0391. The molecule has 0 aliphatic rings. The number of fused-ring (bicyclic) bond motifs is 1. The van der Waals surface area contributed by atoms with Gasteiger partial charge in [0, 0.05) is 35.1 Å². The summed E-state index contributed by atoms with van der Waals surface area (Å²) in [6.45, 7) is 0. The van der Waals surface area contributed by atoms with Crippen LogP contribution in [0.5, 0.6) is 5.75 Å². The van der Waals surface area contributed by atoms with E-state index in [4.69, 9.17) is 9.15 Å². The lowest BCUT2D eigenvalue weighted by Gasteiger charge is -2.00. The second-order valence-corrected chi connectivity index (χ2v) is 6.32. The second kappa shape index (κ2) is 7.92. The molecule has 0 saturated heterocycles. The number of nitro groups is 1. The first-order valence-corrected chi connectivity index (χ1v) is 8.88. The van der Waals surface area contributed by atoms with E-state index >= 15 is 0 Å². The molecule has 1 amide bonds. The highest BCUT2D eigenvalue weighted by Gasteiger charge is 2.19. The Morgan fingerprint density at radius 3 is 2.77 bits per heavy atom. The summed E-state index contributed by atoms with van der Waals surface area (Å²) in [6, 6.07) is 15.6. The Kier molecular flexibility index (Phi) is 5.00. The first-order chi connectivity index (χ1) is 14.5. The lowest BCUT2D eigenvalue weighted by molar-refractivity contribution is -0.384. The zero-order valence-electron chi connectivity index (χ0n) is 15.8. The van der Waals surface area contributed by atoms with E-state index in [0.29, 0.717) is 5.39 Å². The van der Waals surface area contributed by atoms with Crippen molar-refractivity contribution < 1.29 is 18.9 Å². The Balaban J connectivity index is 1.49. The van der Waals surface area contributed by atoms with Crippen molar-refractivity contribution in [3.8, 4) is 11.4 Å². The molecule has 0 atom stereocenters. The number of hydrogen-bond acceptors (Lipinski definition) is 6. The van der Waals surface area contributed by atoms with E-state index in [9.17, 15) is 14.9 Å². The average Bonchev–Trinajstić information content (AvgIpc) is 3.40. The van der Waals surface area contributed by atoms with Gasteiger partial charge in [-0.3, -0.25) is 14.9 Å². The number of benzene rings is 2. The molecule has 0 saturated carbocycles. The number of non-ortho nitro benzene ring substituents is 1. The van der Waals surface area contributed by atoms with Gasteiger partial charge in [0.25, 0.3) is 5.69 Å². The van der Waals surface area contributed by atoms with Crippen molar-refractivity contribution in [3.63, 3.8) is 0 Å². The van der Waals surface area contributed by atoms with Crippen LogP contribution >= 0.6 is 0 Å². The number of hydrogen-bond donors (Lipinski definition) is 1. The summed E-state index contributed by atoms with van der Waals surface area (Å²) < 4.78 is 12.6. The van der Waals surface area contributed by atoms with Crippen molar-refractivity contribution >= 4 is 28.8 Å². The van der Waals surface area contributed by atoms with Crippen molar-refractivity contribution in [1.82, 2.24) is 9.99 Å². The van der Waals surface area contributed by atoms with Gasteiger partial charge in [0.2, 0.25) is 0 Å². The van der Waals surface area contributed by atoms with Gasteiger partial charge in [-0.1, -0.05) is 18.2 Å². The normalized spacial score (nSPS) is 11.1. The van der Waals surface area contributed by atoms with Gasteiger partial charge in [0.05, 0.1) is 24.3 Å². The van der Waals surface area contributed by atoms with Crippen molar-refractivity contribution in [1.29, 1.82) is 0 Å². The number of nitrogens with zero attached hydrogens (tertiary/aromatic N) is 3. The standard InChI is InChI=1S/C21H16N4O5/c1-29-18-11-17(25(27)28)9-15-10-19(30-20(15)18)21(26)23-22-12-14-7-8-24(13-14)16-5-3-2-4-6-16/h2-13H,1H3,(H,23,26)/b22-12-. The van der Waals surface area contributed by atoms with Gasteiger partial charge in [-0.05, 0) is 24.3 Å². The third-order valence-corrected chi connectivity index (χ3v) is 4.37. The predicted octanol–water partition coefficient (Wildman–Crippen LogP) is 3.90. The number of nitro benzene ring substituents is 1. The average molecular weight is 404 g/mol. The minimum atomic E-state index is -0.588. The van der Waals surface area contributed by atoms with Crippen LogP contribution in [0, 0.1) is 10.1 Å². The van der Waals surface area contributed by atoms with Crippen LogP contribution in [-0.2, 0) is 0 Å². The van der Waals surface area contributed by atoms with Crippen LogP contribution in [0.15, 0.2) is 76.5 Å². The summed E-state index contributed by atoms with van der Waals surface area (Å²) in [6.07, 6.45) is 5.26. The number of ether oxygens (including phenoxy) is 1. The fourth-order valence-electron chi connectivity index (χ4n) is 2.95. The first-order valence-electron chi connectivity index (χ1n) is 8.88. The van der Waals surface area contributed by atoms with Crippen LogP contribution in [0.25, 0.3) is 16.7 Å². The van der Waals surface area contributed by atoms with Crippen molar-refractivity contribution in [2.75, 3.05) is 7.11 Å². The molecule has 1 N–H and O–H groups in total. The number of aromatic nitrogens is 1. The third kappa shape index (κ3) is 3.76. The summed E-state index contributed by atoms with van der Waals surface area (Å²) in [5.41, 5.74) is 4.27. The van der Waals surface area contributed by atoms with Gasteiger partial charge >= 0.3 is 5.91 Å². The van der Waals surface area contributed by atoms with Crippen LogP contribution in [0.1, 0.15) is 16.1 Å². The monoisotopic (exact) mass is 404 g/mol. The largest absolute Gasteiger partial charge is 0.493 e. The van der Waals surface area contributed by atoms with Gasteiger partial charge in [0.1, 0.15) is 0 Å². The fourth-order valence-corrected chi connectivity index (χ4v) is 2.95. The number of methoxy groups -OCH3 is 1. The van der Waals surface area contributed by atoms with E-state index in [1.807, 2.05) is 53.4 Å². The smallest absolute Gasteiger partial charge is 0.307 e. The molecular weight excluding hydrogens is 388 g/mol. The number of carbonyl (C=O) groups excluding carboxylic acids is 1. The minimum Gasteiger partial charge on any atom is -0.493 e. The Morgan fingerprint density at radius 2 is 2.03 bits per heavy atom. The van der Waals surface area contributed by atoms with Crippen molar-refractivity contribution in [2.45, 2.75) is 0 Å². The molecule has 30 heavy (non-hydrogen) atoms. The number of rotatable bonds is 6. The van der Waals surface area contributed by atoms with Crippen LogP contribution in [0.3, 0.4) is 0 Å². The summed E-state index contributed by atoms with van der Waals surface area (Å²) in [4.78, 5) is 22.9. The van der Waals surface area contributed by atoms with Crippen molar-refractivity contribution in [3.05, 3.63) is 88.4 Å². The highest BCUT2D eigenvalue weighted by molar-refractivity contribution is 5.98. The Hall–Kier alpha value is -4.40. The molecular formula is C21H16N4O5. The predicted molar refractivity (Wildman–Crippen MR) is 110 cm³/mol. The van der Waals surface area contributed by atoms with Gasteiger partial charge < -0.3 is 13.7 Å². The van der Waals surface area contributed by atoms with Crippen LogP contribution in [0.4, 0.5) is 5.69 Å². The zero-order valence-corrected chi connectivity index (χ0v) is 15.8. The number of hydrazone groups is 1. The molecule has 0 fully saturated rings. The molecule has 4 rings (SSSR count). The van der Waals surface area contributed by atoms with Crippen LogP contribution < -0.4 is 10.2 Å². The molecule has 0 unspecified atom stereocenters. The molecule has 9 heteroatoms. The number of nitrogens with one attached hydrogen (secondary N) is 1. The van der Waals surface area contributed by atoms with Gasteiger partial charge in [-0.25, -0.2) is 5.43 Å². The Bertz CT molecular complexity index is 1260. The van der Waals surface area contributed by atoms with Crippen molar-refractivity contribution in [2.24, 2.45) is 5.10 Å². The highest BCUT2D eigenvalue weighted by atomic mass is 16.6. The number of furan rings is 1. The van der Waals surface area contributed by atoms with Gasteiger partial charge in [-0.15, -0.1) is 0 Å². The first kappa shape index (κ1) is 18.9. The molecule has 150 valence electrons. The highest BCUT2D eigenvalue weighted by Crippen LogP contribution is 2.33. The zero-order chi connectivity index (χ0) is 21.1. The molecule has 0 bridgehead atoms. The van der Waals surface area contributed by atoms with E-state index in [0.717, 1.165) is 11.3 Å². The second-order valence-electron chi connectivity index (χ2n) is 6.32. The van der Waals surface area contributed by atoms with E-state index in [2.05, 4.69) is 10.5 Å².